The molecule has 7 nitrogen and oxygen atoms in total. The molecule has 196 valence electrons. The fourth-order valence-electron chi connectivity index (χ4n) is 5.59. The second-order valence-corrected chi connectivity index (χ2v) is 12.8. The molecule has 1 aromatic heterocycles. The zero-order valence-corrected chi connectivity index (χ0v) is 22.7. The van der Waals surface area contributed by atoms with Gasteiger partial charge in [0.05, 0.1) is 34.1 Å². The Kier molecular flexibility index (Phi) is 8.48. The Bertz CT molecular complexity index is 1160. The van der Waals surface area contributed by atoms with E-state index in [0.717, 1.165) is 42.8 Å². The van der Waals surface area contributed by atoms with E-state index in [9.17, 15) is 13.2 Å². The quantitative estimate of drug-likeness (QED) is 0.530. The largest absolute Gasteiger partial charge is 0.381 e. The summed E-state index contributed by atoms with van der Waals surface area (Å²) in [6.45, 7) is 8.32. The van der Waals surface area contributed by atoms with Crippen LogP contribution in [-0.2, 0) is 27.7 Å². The number of hydrogen-bond donors (Lipinski definition) is 1. The molecule has 1 saturated carbocycles. The molecule has 1 fully saturated rings. The number of benzene rings is 1. The van der Waals surface area contributed by atoms with Crippen LogP contribution in [0.4, 0.5) is 0 Å². The molecule has 1 aliphatic carbocycles. The van der Waals surface area contributed by atoms with Gasteiger partial charge in [0, 0.05) is 32.9 Å². The van der Waals surface area contributed by atoms with Crippen LogP contribution in [0, 0.1) is 11.8 Å². The van der Waals surface area contributed by atoms with Gasteiger partial charge >= 0.3 is 0 Å². The van der Waals surface area contributed by atoms with Gasteiger partial charge in [-0.2, -0.15) is 0 Å². The smallest absolute Gasteiger partial charge is 0.253 e. The van der Waals surface area contributed by atoms with Gasteiger partial charge in [-0.25, -0.2) is 8.42 Å². The number of sulfone groups is 1. The highest BCUT2D eigenvalue weighted by atomic mass is 32.2. The molecule has 36 heavy (non-hydrogen) atoms. The van der Waals surface area contributed by atoms with Gasteiger partial charge in [0.1, 0.15) is 0 Å². The number of amides is 1. The maximum Gasteiger partial charge on any atom is 0.253 e. The number of rotatable bonds is 9. The van der Waals surface area contributed by atoms with Crippen molar-refractivity contribution in [2.45, 2.75) is 76.6 Å². The average molecular weight is 514 g/mol. The minimum absolute atomic E-state index is 0.0679. The van der Waals surface area contributed by atoms with Crippen molar-refractivity contribution in [2.24, 2.45) is 11.8 Å². The average Bonchev–Trinajstić information content (AvgIpc) is 3.25. The Balaban J connectivity index is 1.39. The monoisotopic (exact) mass is 513 g/mol. The molecule has 0 saturated heterocycles. The Morgan fingerprint density at radius 3 is 2.47 bits per heavy atom. The third kappa shape index (κ3) is 5.98. The Labute approximate surface area is 215 Å². The Morgan fingerprint density at radius 2 is 1.86 bits per heavy atom. The van der Waals surface area contributed by atoms with Crippen molar-refractivity contribution in [3.63, 3.8) is 0 Å². The number of ether oxygens (including phenoxy) is 1. The van der Waals surface area contributed by atoms with E-state index < -0.39 is 9.84 Å². The number of nitrogens with zero attached hydrogens (tertiary/aromatic N) is 2. The fraction of sp³-hybridized carbons (Fsp3) is 0.571. The molecule has 8 heteroatoms. The Morgan fingerprint density at radius 1 is 1.17 bits per heavy atom. The number of fused-ring (bicyclic) bond motifs is 1. The van der Waals surface area contributed by atoms with E-state index in [0.29, 0.717) is 34.9 Å². The normalized spacial score (nSPS) is 22.5. The van der Waals surface area contributed by atoms with Crippen molar-refractivity contribution in [3.05, 3.63) is 58.9 Å². The van der Waals surface area contributed by atoms with Crippen molar-refractivity contribution < 1.29 is 17.9 Å². The van der Waals surface area contributed by atoms with Gasteiger partial charge < -0.3 is 10.1 Å². The summed E-state index contributed by atoms with van der Waals surface area (Å²) in [5, 5.41) is 2.95. The summed E-state index contributed by atoms with van der Waals surface area (Å²) in [5.41, 5.74) is 3.64. The number of pyridine rings is 1. The fourth-order valence-corrected chi connectivity index (χ4v) is 6.48. The number of nitrogens with one attached hydrogen (secondary N) is 1. The summed E-state index contributed by atoms with van der Waals surface area (Å²) in [5.74, 6) is 1.01. The molecule has 1 aromatic carbocycles. The van der Waals surface area contributed by atoms with E-state index in [4.69, 9.17) is 9.72 Å². The van der Waals surface area contributed by atoms with Crippen molar-refractivity contribution in [3.8, 4) is 0 Å². The molecule has 1 amide bonds. The maximum atomic E-state index is 12.9. The Hall–Kier alpha value is -2.29. The molecule has 1 atom stereocenters. The maximum absolute atomic E-state index is 12.9. The lowest BCUT2D eigenvalue weighted by Crippen LogP contribution is -2.33. The van der Waals surface area contributed by atoms with Gasteiger partial charge in [0.15, 0.2) is 9.84 Å². The molecule has 0 radical (unpaired) electrons. The molecule has 1 aliphatic heterocycles. The summed E-state index contributed by atoms with van der Waals surface area (Å²) in [6, 6.07) is 8.95. The van der Waals surface area contributed by atoms with Crippen molar-refractivity contribution in [1.29, 1.82) is 0 Å². The van der Waals surface area contributed by atoms with Crippen LogP contribution >= 0.6 is 0 Å². The van der Waals surface area contributed by atoms with Crippen LogP contribution in [0.5, 0.6) is 0 Å². The standard InChI is InChI=1S/C28H39N3O4S/c1-5-36(33,34)25-12-8-20(9-13-25)15-30-28(32)22-14-23-18-31(27(19(2)3)26(23)29-16-22)17-21-6-10-24(35-4)11-7-21/h8-9,12-14,16,19,21,24,27H,5-7,10-11,15,17-18H2,1-4H3,(H,30,32)/t21-,24-,27?. The first-order valence-electron chi connectivity index (χ1n) is 13.1. The number of hydrogen-bond acceptors (Lipinski definition) is 6. The zero-order valence-electron chi connectivity index (χ0n) is 21.9. The number of carbonyl (C=O) groups is 1. The first-order chi connectivity index (χ1) is 17.2. The molecular formula is C28H39N3O4S. The lowest BCUT2D eigenvalue weighted by atomic mass is 9.86. The topological polar surface area (TPSA) is 88.6 Å². The van der Waals surface area contributed by atoms with E-state index in [-0.39, 0.29) is 17.7 Å². The van der Waals surface area contributed by atoms with Gasteiger partial charge in [-0.1, -0.05) is 32.9 Å². The molecular weight excluding hydrogens is 474 g/mol. The summed E-state index contributed by atoms with van der Waals surface area (Å²) >= 11 is 0. The molecule has 2 heterocycles. The third-order valence-corrected chi connectivity index (χ3v) is 9.43. The van der Waals surface area contributed by atoms with E-state index in [2.05, 4.69) is 24.1 Å². The van der Waals surface area contributed by atoms with Crippen LogP contribution in [-0.4, -0.2) is 49.7 Å². The van der Waals surface area contributed by atoms with Crippen LogP contribution in [0.1, 0.15) is 79.7 Å². The number of carbonyl (C=O) groups excluding carboxylic acids is 1. The molecule has 2 aliphatic rings. The number of methoxy groups -OCH3 is 1. The lowest BCUT2D eigenvalue weighted by Gasteiger charge is -2.34. The van der Waals surface area contributed by atoms with Crippen LogP contribution in [0.2, 0.25) is 0 Å². The molecule has 0 bridgehead atoms. The van der Waals surface area contributed by atoms with E-state index in [1.807, 2.05) is 13.2 Å². The highest BCUT2D eigenvalue weighted by molar-refractivity contribution is 7.91. The minimum Gasteiger partial charge on any atom is -0.381 e. The van der Waals surface area contributed by atoms with Crippen LogP contribution in [0.15, 0.2) is 41.4 Å². The van der Waals surface area contributed by atoms with Crippen molar-refractivity contribution in [1.82, 2.24) is 15.2 Å². The molecule has 4 rings (SSSR count). The molecule has 0 spiro atoms. The number of aromatic nitrogens is 1. The van der Waals surface area contributed by atoms with Crippen LogP contribution in [0.3, 0.4) is 0 Å². The second-order valence-electron chi connectivity index (χ2n) is 10.5. The zero-order chi connectivity index (χ0) is 25.9. The van der Waals surface area contributed by atoms with Crippen molar-refractivity contribution >= 4 is 15.7 Å². The van der Waals surface area contributed by atoms with Crippen LogP contribution < -0.4 is 5.32 Å². The van der Waals surface area contributed by atoms with Crippen molar-refractivity contribution in [2.75, 3.05) is 19.4 Å². The van der Waals surface area contributed by atoms with E-state index in [1.165, 1.54) is 12.8 Å². The van der Waals surface area contributed by atoms with Gasteiger partial charge in [0.2, 0.25) is 0 Å². The first-order valence-corrected chi connectivity index (χ1v) is 14.7. The minimum atomic E-state index is -3.23. The molecule has 1 unspecified atom stereocenters. The SMILES string of the molecule is CCS(=O)(=O)c1ccc(CNC(=O)c2cnc3c(c2)CN(C[C@H]2CC[C@H](OC)CC2)C3C(C)C)cc1. The predicted octanol–water partition coefficient (Wildman–Crippen LogP) is 4.52. The predicted molar refractivity (Wildman–Crippen MR) is 140 cm³/mol. The summed E-state index contributed by atoms with van der Waals surface area (Å²) in [7, 11) is -1.42. The highest BCUT2D eigenvalue weighted by Crippen LogP contribution is 2.39. The lowest BCUT2D eigenvalue weighted by molar-refractivity contribution is 0.0432. The first kappa shape index (κ1) is 26.8. The summed E-state index contributed by atoms with van der Waals surface area (Å²) in [4.78, 5) is 20.5. The van der Waals surface area contributed by atoms with Gasteiger partial charge in [-0.05, 0) is 66.8 Å². The van der Waals surface area contributed by atoms with Crippen LogP contribution in [0.25, 0.3) is 0 Å². The van der Waals surface area contributed by atoms with Gasteiger partial charge in [0.25, 0.3) is 5.91 Å². The highest BCUT2D eigenvalue weighted by Gasteiger charge is 2.36. The van der Waals surface area contributed by atoms with Gasteiger partial charge in [-0.15, -0.1) is 0 Å². The molecule has 2 aromatic rings. The summed E-state index contributed by atoms with van der Waals surface area (Å²) in [6.07, 6.45) is 6.75. The van der Waals surface area contributed by atoms with E-state index >= 15 is 0 Å². The molecule has 1 N–H and O–H groups in total. The second kappa shape index (κ2) is 11.4. The van der Waals surface area contributed by atoms with E-state index in [1.54, 1.807) is 37.4 Å². The summed E-state index contributed by atoms with van der Waals surface area (Å²) < 4.78 is 29.5. The third-order valence-electron chi connectivity index (χ3n) is 7.68. The van der Waals surface area contributed by atoms with Gasteiger partial charge in [-0.3, -0.25) is 14.7 Å².